The first-order chi connectivity index (χ1) is 7.80. The van der Waals surface area contributed by atoms with Gasteiger partial charge >= 0.3 is 6.18 Å². The standard InChI is InChI=1S/C10H14F3N3O/c1-15(2)9(17)4-3-6-16-7-5-8(14-16)10(11,12)13/h5,7H,3-4,6H2,1-2H3. The summed E-state index contributed by atoms with van der Waals surface area (Å²) in [6.45, 7) is 0.301. The second-order valence-corrected chi connectivity index (χ2v) is 3.85. The zero-order valence-corrected chi connectivity index (χ0v) is 9.66. The highest BCUT2D eigenvalue weighted by atomic mass is 19.4. The van der Waals surface area contributed by atoms with Crippen molar-refractivity contribution in [2.75, 3.05) is 14.1 Å². The van der Waals surface area contributed by atoms with E-state index in [0.717, 1.165) is 6.07 Å². The van der Waals surface area contributed by atoms with E-state index in [2.05, 4.69) is 5.10 Å². The summed E-state index contributed by atoms with van der Waals surface area (Å²) in [5, 5.41) is 3.39. The third kappa shape index (κ3) is 4.08. The number of aryl methyl sites for hydroxylation is 1. The van der Waals surface area contributed by atoms with Crippen LogP contribution in [0.15, 0.2) is 12.3 Å². The highest BCUT2D eigenvalue weighted by Crippen LogP contribution is 2.27. The average molecular weight is 249 g/mol. The van der Waals surface area contributed by atoms with Crippen molar-refractivity contribution < 1.29 is 18.0 Å². The minimum atomic E-state index is -4.41. The van der Waals surface area contributed by atoms with E-state index >= 15 is 0 Å². The van der Waals surface area contributed by atoms with Gasteiger partial charge in [-0.15, -0.1) is 0 Å². The molecule has 0 radical (unpaired) electrons. The van der Waals surface area contributed by atoms with E-state index in [0.29, 0.717) is 19.4 Å². The number of hydrogen-bond acceptors (Lipinski definition) is 2. The van der Waals surface area contributed by atoms with E-state index in [-0.39, 0.29) is 5.91 Å². The number of hydrogen-bond donors (Lipinski definition) is 0. The van der Waals surface area contributed by atoms with E-state index in [4.69, 9.17) is 0 Å². The first-order valence-electron chi connectivity index (χ1n) is 5.11. The van der Waals surface area contributed by atoms with Crippen molar-refractivity contribution in [2.24, 2.45) is 0 Å². The number of rotatable bonds is 4. The SMILES string of the molecule is CN(C)C(=O)CCCn1ccc(C(F)(F)F)n1. The molecule has 1 aromatic rings. The van der Waals surface area contributed by atoms with Gasteiger partial charge in [0, 0.05) is 33.3 Å². The highest BCUT2D eigenvalue weighted by molar-refractivity contribution is 5.75. The van der Waals surface area contributed by atoms with E-state index in [1.165, 1.54) is 15.8 Å². The smallest absolute Gasteiger partial charge is 0.349 e. The molecule has 96 valence electrons. The lowest BCUT2D eigenvalue weighted by atomic mass is 10.3. The van der Waals surface area contributed by atoms with Gasteiger partial charge in [0.1, 0.15) is 0 Å². The second kappa shape index (κ2) is 5.20. The Hall–Kier alpha value is -1.53. The third-order valence-electron chi connectivity index (χ3n) is 2.21. The Labute approximate surface area is 97.0 Å². The third-order valence-corrected chi connectivity index (χ3v) is 2.21. The van der Waals surface area contributed by atoms with Gasteiger partial charge in [-0.3, -0.25) is 9.48 Å². The van der Waals surface area contributed by atoms with E-state index < -0.39 is 11.9 Å². The van der Waals surface area contributed by atoms with Gasteiger partial charge < -0.3 is 4.90 Å². The molecule has 0 bridgehead atoms. The van der Waals surface area contributed by atoms with Gasteiger partial charge in [-0.2, -0.15) is 18.3 Å². The van der Waals surface area contributed by atoms with Crippen LogP contribution in [0.1, 0.15) is 18.5 Å². The summed E-state index contributed by atoms with van der Waals surface area (Å²) in [5.74, 6) is -0.0480. The minimum absolute atomic E-state index is 0.0480. The molecule has 0 atom stereocenters. The van der Waals surface area contributed by atoms with E-state index in [1.54, 1.807) is 14.1 Å². The summed E-state index contributed by atoms with van der Waals surface area (Å²) in [6.07, 6.45) is -2.38. The van der Waals surface area contributed by atoms with Gasteiger partial charge in [0.25, 0.3) is 0 Å². The molecule has 1 heterocycles. The number of halogens is 3. The van der Waals surface area contributed by atoms with Crippen LogP contribution in [0.5, 0.6) is 0 Å². The lowest BCUT2D eigenvalue weighted by molar-refractivity contribution is -0.141. The lowest BCUT2D eigenvalue weighted by Crippen LogP contribution is -2.21. The molecule has 0 spiro atoms. The maximum absolute atomic E-state index is 12.2. The van der Waals surface area contributed by atoms with Crippen molar-refractivity contribution in [3.63, 3.8) is 0 Å². The van der Waals surface area contributed by atoms with Gasteiger partial charge in [-0.1, -0.05) is 0 Å². The minimum Gasteiger partial charge on any atom is -0.349 e. The Bertz CT molecular complexity index is 384. The van der Waals surface area contributed by atoms with Crippen molar-refractivity contribution >= 4 is 5.91 Å². The van der Waals surface area contributed by atoms with Gasteiger partial charge in [-0.05, 0) is 12.5 Å². The van der Waals surface area contributed by atoms with Crippen molar-refractivity contribution in [1.82, 2.24) is 14.7 Å². The summed E-state index contributed by atoms with van der Waals surface area (Å²) in [5.41, 5.74) is -0.906. The molecule has 0 aliphatic heterocycles. The Morgan fingerprint density at radius 2 is 2.12 bits per heavy atom. The molecule has 0 aliphatic carbocycles. The van der Waals surface area contributed by atoms with Crippen molar-refractivity contribution in [1.29, 1.82) is 0 Å². The fraction of sp³-hybridized carbons (Fsp3) is 0.600. The van der Waals surface area contributed by atoms with Crippen LogP contribution in [0.2, 0.25) is 0 Å². The molecular weight excluding hydrogens is 235 g/mol. The number of carbonyl (C=O) groups is 1. The Morgan fingerprint density at radius 1 is 1.47 bits per heavy atom. The van der Waals surface area contributed by atoms with Gasteiger partial charge in [-0.25, -0.2) is 0 Å². The molecule has 0 unspecified atom stereocenters. The van der Waals surface area contributed by atoms with Crippen LogP contribution in [0.4, 0.5) is 13.2 Å². The average Bonchev–Trinajstić information content (AvgIpc) is 2.65. The number of carbonyl (C=O) groups excluding carboxylic acids is 1. The number of alkyl halides is 3. The quantitative estimate of drug-likeness (QED) is 0.815. The molecule has 0 saturated carbocycles. The summed E-state index contributed by atoms with van der Waals surface area (Å²) in [7, 11) is 3.27. The first kappa shape index (κ1) is 13.5. The predicted molar refractivity (Wildman–Crippen MR) is 55.2 cm³/mol. The summed E-state index contributed by atoms with van der Waals surface area (Å²) < 4.78 is 37.9. The molecule has 0 fully saturated rings. The van der Waals surface area contributed by atoms with Crippen LogP contribution in [-0.4, -0.2) is 34.7 Å². The van der Waals surface area contributed by atoms with Gasteiger partial charge in [0.15, 0.2) is 5.69 Å². The van der Waals surface area contributed by atoms with Crippen molar-refractivity contribution in [3.8, 4) is 0 Å². The Kier molecular flexibility index (Phi) is 4.14. The highest BCUT2D eigenvalue weighted by Gasteiger charge is 2.33. The fourth-order valence-electron chi connectivity index (χ4n) is 1.25. The van der Waals surface area contributed by atoms with Crippen molar-refractivity contribution in [3.05, 3.63) is 18.0 Å². The van der Waals surface area contributed by atoms with Crippen molar-refractivity contribution in [2.45, 2.75) is 25.6 Å². The molecule has 0 saturated heterocycles. The van der Waals surface area contributed by atoms with E-state index in [9.17, 15) is 18.0 Å². The molecular formula is C10H14F3N3O. The topological polar surface area (TPSA) is 38.1 Å². The summed E-state index contributed by atoms with van der Waals surface area (Å²) in [6, 6.07) is 0.924. The van der Waals surface area contributed by atoms with Crippen LogP contribution >= 0.6 is 0 Å². The molecule has 1 amide bonds. The molecule has 7 heteroatoms. The van der Waals surface area contributed by atoms with Crippen LogP contribution in [0.25, 0.3) is 0 Å². The summed E-state index contributed by atoms with van der Waals surface area (Å²) in [4.78, 5) is 12.7. The Morgan fingerprint density at radius 3 is 2.59 bits per heavy atom. The van der Waals surface area contributed by atoms with Crippen LogP contribution < -0.4 is 0 Å². The Balaban J connectivity index is 2.43. The lowest BCUT2D eigenvalue weighted by Gasteiger charge is -2.09. The normalized spacial score (nSPS) is 11.6. The number of nitrogens with zero attached hydrogens (tertiary/aromatic N) is 3. The molecule has 0 N–H and O–H groups in total. The molecule has 4 nitrogen and oxygen atoms in total. The predicted octanol–water partition coefficient (Wildman–Crippen LogP) is 1.77. The second-order valence-electron chi connectivity index (χ2n) is 3.85. The van der Waals surface area contributed by atoms with Crippen LogP contribution in [0.3, 0.4) is 0 Å². The fourth-order valence-corrected chi connectivity index (χ4v) is 1.25. The van der Waals surface area contributed by atoms with Gasteiger partial charge in [0.05, 0.1) is 0 Å². The largest absolute Gasteiger partial charge is 0.435 e. The molecule has 1 aromatic heterocycles. The molecule has 1 rings (SSSR count). The monoisotopic (exact) mass is 249 g/mol. The number of aromatic nitrogens is 2. The zero-order valence-electron chi connectivity index (χ0n) is 9.66. The first-order valence-corrected chi connectivity index (χ1v) is 5.11. The molecule has 0 aromatic carbocycles. The molecule has 17 heavy (non-hydrogen) atoms. The van der Waals surface area contributed by atoms with Crippen LogP contribution in [0, 0.1) is 0 Å². The molecule has 0 aliphatic rings. The van der Waals surface area contributed by atoms with Gasteiger partial charge in [0.2, 0.25) is 5.91 Å². The number of amides is 1. The summed E-state index contributed by atoms with van der Waals surface area (Å²) >= 11 is 0. The van der Waals surface area contributed by atoms with E-state index in [1.807, 2.05) is 0 Å². The maximum Gasteiger partial charge on any atom is 0.435 e. The zero-order chi connectivity index (χ0) is 13.1. The van der Waals surface area contributed by atoms with Crippen LogP contribution in [-0.2, 0) is 17.5 Å². The maximum atomic E-state index is 12.2.